The Morgan fingerprint density at radius 3 is 1.40 bits per heavy atom. The topological polar surface area (TPSA) is 0 Å². The minimum Gasteiger partial charge on any atom is -0.0985 e. The number of rotatable bonds is 6. The quantitative estimate of drug-likeness (QED) is 0.164. The molecule has 0 spiro atoms. The van der Waals surface area contributed by atoms with Gasteiger partial charge in [-0.3, -0.25) is 0 Å². The molecule has 7 rings (SSSR count). The van der Waals surface area contributed by atoms with Crippen LogP contribution in [0.15, 0.2) is 172 Å². The zero-order chi connectivity index (χ0) is 37.2. The van der Waals surface area contributed by atoms with E-state index in [0.717, 1.165) is 11.5 Å². The van der Waals surface area contributed by atoms with Crippen LogP contribution in [0.5, 0.6) is 0 Å². The van der Waals surface area contributed by atoms with E-state index in [1.165, 1.54) is 81.8 Å². The first-order valence-corrected chi connectivity index (χ1v) is 18.6. The normalized spacial score (nSPS) is 12.4. The van der Waals surface area contributed by atoms with E-state index in [9.17, 15) is 0 Å². The summed E-state index contributed by atoms with van der Waals surface area (Å²) in [5.41, 5.74) is 10.4. The van der Waals surface area contributed by atoms with Crippen molar-refractivity contribution in [2.24, 2.45) is 0 Å². The van der Waals surface area contributed by atoms with Gasteiger partial charge in [0.05, 0.1) is 0 Å². The van der Waals surface area contributed by atoms with Crippen LogP contribution in [0.4, 0.5) is 0 Å². The van der Waals surface area contributed by atoms with Crippen LogP contribution >= 0.6 is 0 Å². The van der Waals surface area contributed by atoms with Gasteiger partial charge in [0.15, 0.2) is 0 Å². The summed E-state index contributed by atoms with van der Waals surface area (Å²) in [6.07, 6.45) is 14.5. The molecule has 6 aromatic rings. The van der Waals surface area contributed by atoms with Crippen LogP contribution < -0.4 is 0 Å². The summed E-state index contributed by atoms with van der Waals surface area (Å²) in [6, 6.07) is 50.9. The first-order chi connectivity index (χ1) is 25.2. The lowest BCUT2D eigenvalue weighted by atomic mass is 9.84. The van der Waals surface area contributed by atoms with Gasteiger partial charge in [-0.2, -0.15) is 0 Å². The van der Waals surface area contributed by atoms with Crippen LogP contribution in [-0.2, 0) is 5.41 Å². The Kier molecular flexibility index (Phi) is 15.4. The van der Waals surface area contributed by atoms with Gasteiger partial charge >= 0.3 is 0 Å². The maximum atomic E-state index is 3.77. The van der Waals surface area contributed by atoms with Gasteiger partial charge < -0.3 is 0 Å². The lowest BCUT2D eigenvalue weighted by molar-refractivity contribution is 0.443. The van der Waals surface area contributed by atoms with Crippen LogP contribution in [0.3, 0.4) is 0 Å². The molecular formula is C52H56. The van der Waals surface area contributed by atoms with Crippen molar-refractivity contribution in [1.82, 2.24) is 0 Å². The molecule has 1 aliphatic rings. The molecule has 0 N–H and O–H groups in total. The van der Waals surface area contributed by atoms with Gasteiger partial charge in [-0.05, 0) is 85.5 Å². The summed E-state index contributed by atoms with van der Waals surface area (Å²) in [4.78, 5) is 0. The van der Waals surface area contributed by atoms with Crippen molar-refractivity contribution in [2.75, 3.05) is 0 Å². The second-order valence-corrected chi connectivity index (χ2v) is 14.3. The second-order valence-electron chi connectivity index (χ2n) is 14.3. The van der Waals surface area contributed by atoms with Gasteiger partial charge in [0.2, 0.25) is 0 Å². The van der Waals surface area contributed by atoms with E-state index >= 15 is 0 Å². The van der Waals surface area contributed by atoms with Crippen molar-refractivity contribution in [3.63, 3.8) is 0 Å². The monoisotopic (exact) mass is 680 g/mol. The van der Waals surface area contributed by atoms with Crippen molar-refractivity contribution >= 4 is 35.1 Å². The zero-order valence-electron chi connectivity index (χ0n) is 31.6. The predicted molar refractivity (Wildman–Crippen MR) is 234 cm³/mol. The molecule has 0 radical (unpaired) electrons. The summed E-state index contributed by atoms with van der Waals surface area (Å²) in [5, 5.41) is 2.55. The third-order valence-electron chi connectivity index (χ3n) is 9.52. The molecule has 0 heteroatoms. The molecule has 1 saturated carbocycles. The van der Waals surface area contributed by atoms with Crippen molar-refractivity contribution in [3.05, 3.63) is 205 Å². The van der Waals surface area contributed by atoms with Crippen LogP contribution in [-0.4, -0.2) is 0 Å². The number of benzene rings is 6. The highest BCUT2D eigenvalue weighted by molar-refractivity contribution is 5.84. The van der Waals surface area contributed by atoms with E-state index in [0.29, 0.717) is 0 Å². The van der Waals surface area contributed by atoms with E-state index in [2.05, 4.69) is 187 Å². The lowest BCUT2D eigenvalue weighted by Crippen LogP contribution is -2.10. The smallest absolute Gasteiger partial charge is 0.0132 e. The molecule has 0 atom stereocenters. The minimum atomic E-state index is 0.250. The molecule has 0 heterocycles. The average molecular weight is 681 g/mol. The van der Waals surface area contributed by atoms with E-state index < -0.39 is 0 Å². The highest BCUT2D eigenvalue weighted by atomic mass is 14.2. The second kappa shape index (κ2) is 20.4. The van der Waals surface area contributed by atoms with Crippen molar-refractivity contribution in [3.8, 4) is 11.1 Å². The summed E-state index contributed by atoms with van der Waals surface area (Å²) in [5.74, 6) is 0.822. The summed E-state index contributed by atoms with van der Waals surface area (Å²) >= 11 is 0. The number of fused-ring (bicyclic) bond motifs is 1. The summed E-state index contributed by atoms with van der Waals surface area (Å²) in [7, 11) is 0. The maximum absolute atomic E-state index is 3.77. The average Bonchev–Trinajstić information content (AvgIpc) is 3.22. The molecule has 0 nitrogen and oxygen atoms in total. The van der Waals surface area contributed by atoms with Crippen LogP contribution in [0.2, 0.25) is 0 Å². The largest absolute Gasteiger partial charge is 0.0985 e. The first kappa shape index (κ1) is 39.3. The number of hydrogen-bond donors (Lipinski definition) is 0. The molecule has 6 aromatic carbocycles. The maximum Gasteiger partial charge on any atom is -0.0132 e. The first-order valence-electron chi connectivity index (χ1n) is 18.6. The van der Waals surface area contributed by atoms with Crippen molar-refractivity contribution in [1.29, 1.82) is 0 Å². The highest BCUT2D eigenvalue weighted by Gasteiger charge is 2.15. The minimum absolute atomic E-state index is 0.250. The van der Waals surface area contributed by atoms with Crippen LogP contribution in [0.25, 0.3) is 46.2 Å². The molecule has 264 valence electrons. The Morgan fingerprint density at radius 2 is 0.885 bits per heavy atom. The van der Waals surface area contributed by atoms with Gasteiger partial charge in [0.1, 0.15) is 0 Å². The molecule has 0 saturated heterocycles. The third-order valence-corrected chi connectivity index (χ3v) is 9.52. The molecule has 52 heavy (non-hydrogen) atoms. The van der Waals surface area contributed by atoms with Gasteiger partial charge in [0.25, 0.3) is 0 Å². The van der Waals surface area contributed by atoms with E-state index in [1.54, 1.807) is 0 Å². The van der Waals surface area contributed by atoms with Gasteiger partial charge in [-0.25, -0.2) is 0 Å². The van der Waals surface area contributed by atoms with Crippen LogP contribution in [0.1, 0.15) is 92.2 Å². The molecule has 1 fully saturated rings. The van der Waals surface area contributed by atoms with Crippen molar-refractivity contribution in [2.45, 2.75) is 64.2 Å². The Hall–Kier alpha value is -5.46. The summed E-state index contributed by atoms with van der Waals surface area (Å²) in [6.45, 7) is 21.6. The van der Waals surface area contributed by atoms with Crippen LogP contribution in [0, 0.1) is 0 Å². The fourth-order valence-corrected chi connectivity index (χ4v) is 6.24. The third kappa shape index (κ3) is 12.4. The molecule has 0 amide bonds. The van der Waals surface area contributed by atoms with E-state index in [-0.39, 0.29) is 5.41 Å². The molecule has 0 aliphatic heterocycles. The fraction of sp³-hybridized carbons (Fsp3) is 0.192. The Labute approximate surface area is 314 Å². The Bertz CT molecular complexity index is 1960. The van der Waals surface area contributed by atoms with Gasteiger partial charge in [0, 0.05) is 0 Å². The lowest BCUT2D eigenvalue weighted by Gasteiger charge is -2.21. The number of hydrogen-bond acceptors (Lipinski definition) is 0. The Morgan fingerprint density at radius 1 is 0.442 bits per heavy atom. The van der Waals surface area contributed by atoms with Gasteiger partial charge in [-0.1, -0.05) is 230 Å². The Balaban J connectivity index is 0.000000156. The predicted octanol–water partition coefficient (Wildman–Crippen LogP) is 15.5. The van der Waals surface area contributed by atoms with E-state index in [1.807, 2.05) is 30.4 Å². The van der Waals surface area contributed by atoms with E-state index in [4.69, 9.17) is 0 Å². The SMILES string of the molecule is C=Cc1ccc(-c2ccccc2)cc1.C=Cc1ccc(C(C)(C)C)cc1.C=Cc1ccc(C2CCCCC2)cc1.C=Cc1ccc2ccccc2c1. The molecule has 0 bridgehead atoms. The van der Waals surface area contributed by atoms with Gasteiger partial charge in [-0.15, -0.1) is 0 Å². The zero-order valence-corrected chi connectivity index (χ0v) is 31.6. The molecule has 1 aliphatic carbocycles. The fourth-order valence-electron chi connectivity index (χ4n) is 6.24. The highest BCUT2D eigenvalue weighted by Crippen LogP contribution is 2.32. The molecule has 0 unspecified atom stereocenters. The molecule has 0 aromatic heterocycles. The van der Waals surface area contributed by atoms with Crippen molar-refractivity contribution < 1.29 is 0 Å². The molecular weight excluding hydrogens is 625 g/mol. The summed E-state index contributed by atoms with van der Waals surface area (Å²) < 4.78 is 0. The standard InChI is InChI=1S/C14H18.C14H12.C12H10.C12H16/c2*1-2-12-8-10-14(11-9-12)13-6-4-3-5-7-13;1-2-10-7-8-11-5-3-4-6-12(11)9-10;1-5-10-6-8-11(9-7-10)12(2,3)4/h2,8-11,13H,1,3-7H2;2-11H,1H2;2-9H,1H2;5-9H,1H2,2-4H3.